The molecule has 0 saturated carbocycles. The smallest absolute Gasteiger partial charge is 0.419 e. The second-order valence-electron chi connectivity index (χ2n) is 8.50. The van der Waals surface area contributed by atoms with Gasteiger partial charge in [0.15, 0.2) is 5.78 Å². The normalized spacial score (nSPS) is 14.8. The highest BCUT2D eigenvalue weighted by Crippen LogP contribution is 2.36. The van der Waals surface area contributed by atoms with Gasteiger partial charge in [0.05, 0.1) is 22.6 Å². The molecule has 11 heteroatoms. The van der Waals surface area contributed by atoms with Crippen molar-refractivity contribution in [2.24, 2.45) is 0 Å². The number of esters is 1. The first kappa shape index (κ1) is 24.7. The van der Waals surface area contributed by atoms with Gasteiger partial charge in [-0.05, 0) is 56.7 Å². The Kier molecular flexibility index (Phi) is 6.31. The van der Waals surface area contributed by atoms with Crippen molar-refractivity contribution >= 4 is 27.5 Å². The van der Waals surface area contributed by atoms with Crippen molar-refractivity contribution in [3.8, 4) is 0 Å². The lowest BCUT2D eigenvalue weighted by molar-refractivity contribution is -0.154. The summed E-state index contributed by atoms with van der Waals surface area (Å²) in [6.45, 7) is 4.73. The molecule has 1 aliphatic rings. The molecule has 0 aromatic heterocycles. The quantitative estimate of drug-likeness (QED) is 0.468. The van der Waals surface area contributed by atoms with Crippen LogP contribution < -0.4 is 4.31 Å². The summed E-state index contributed by atoms with van der Waals surface area (Å²) in [7, 11) is -4.57. The van der Waals surface area contributed by atoms with E-state index in [1.807, 2.05) is 0 Å². The molecule has 1 aliphatic heterocycles. The second-order valence-corrected chi connectivity index (χ2v) is 10.4. The molecular formula is C22H21F4NO5S. The van der Waals surface area contributed by atoms with Gasteiger partial charge in [-0.1, -0.05) is 6.07 Å². The van der Waals surface area contributed by atoms with Crippen LogP contribution in [0, 0.1) is 5.82 Å². The number of anilines is 1. The monoisotopic (exact) mass is 487 g/mol. The van der Waals surface area contributed by atoms with Crippen LogP contribution in [0.3, 0.4) is 0 Å². The van der Waals surface area contributed by atoms with Crippen molar-refractivity contribution in [2.45, 2.75) is 50.3 Å². The molecule has 0 unspecified atom stereocenters. The van der Waals surface area contributed by atoms with Crippen molar-refractivity contribution in [1.29, 1.82) is 0 Å². The maximum absolute atomic E-state index is 13.7. The van der Waals surface area contributed by atoms with E-state index in [9.17, 15) is 35.6 Å². The number of halogens is 4. The Bertz CT molecular complexity index is 1220. The Morgan fingerprint density at radius 2 is 1.76 bits per heavy atom. The van der Waals surface area contributed by atoms with Crippen LogP contribution in [0.15, 0.2) is 41.3 Å². The fraction of sp³-hybridized carbons (Fsp3) is 0.364. The number of sulfonamides is 1. The van der Waals surface area contributed by atoms with E-state index in [4.69, 9.17) is 4.74 Å². The van der Waals surface area contributed by atoms with Crippen LogP contribution in [-0.2, 0) is 32.2 Å². The van der Waals surface area contributed by atoms with Crippen molar-refractivity contribution in [2.75, 3.05) is 10.8 Å². The fourth-order valence-electron chi connectivity index (χ4n) is 3.39. The zero-order valence-electron chi connectivity index (χ0n) is 18.0. The average molecular weight is 487 g/mol. The van der Waals surface area contributed by atoms with Gasteiger partial charge in [0.25, 0.3) is 10.0 Å². The molecule has 33 heavy (non-hydrogen) atoms. The summed E-state index contributed by atoms with van der Waals surface area (Å²) in [6, 6.07) is 5.57. The van der Waals surface area contributed by atoms with E-state index in [1.165, 1.54) is 18.2 Å². The van der Waals surface area contributed by atoms with Crippen LogP contribution in [0.5, 0.6) is 0 Å². The molecule has 0 N–H and O–H groups in total. The van der Waals surface area contributed by atoms with E-state index in [0.29, 0.717) is 11.6 Å². The van der Waals surface area contributed by atoms with Gasteiger partial charge < -0.3 is 4.74 Å². The number of nitrogens with zero attached hydrogens (tertiary/aromatic N) is 1. The third kappa shape index (κ3) is 5.35. The van der Waals surface area contributed by atoms with Gasteiger partial charge in [0, 0.05) is 18.5 Å². The van der Waals surface area contributed by atoms with Crippen LogP contribution in [-0.4, -0.2) is 32.3 Å². The molecule has 0 saturated heterocycles. The van der Waals surface area contributed by atoms with Gasteiger partial charge in [-0.15, -0.1) is 0 Å². The number of ether oxygens (including phenoxy) is 1. The van der Waals surface area contributed by atoms with Crippen molar-refractivity contribution in [1.82, 2.24) is 0 Å². The zero-order valence-corrected chi connectivity index (χ0v) is 18.8. The van der Waals surface area contributed by atoms with E-state index in [0.717, 1.165) is 10.4 Å². The van der Waals surface area contributed by atoms with Crippen molar-refractivity contribution in [3.63, 3.8) is 0 Å². The number of ketones is 1. The number of benzene rings is 2. The molecule has 1 heterocycles. The Morgan fingerprint density at radius 1 is 1.09 bits per heavy atom. The fourth-order valence-corrected chi connectivity index (χ4v) is 4.89. The lowest BCUT2D eigenvalue weighted by Crippen LogP contribution is -2.37. The minimum absolute atomic E-state index is 0.0518. The molecule has 6 nitrogen and oxygen atoms in total. The SMILES string of the molecule is CC(C)(C)OC(=O)Cc1ccc2c(c1)N(S(=O)(=O)c1ccc(F)c(C(F)(F)F)c1)CCC2=O. The van der Waals surface area contributed by atoms with Gasteiger partial charge in [-0.2, -0.15) is 13.2 Å². The third-order valence-corrected chi connectivity index (χ3v) is 6.58. The van der Waals surface area contributed by atoms with E-state index in [-0.39, 0.29) is 42.5 Å². The predicted molar refractivity (Wildman–Crippen MR) is 111 cm³/mol. The largest absolute Gasteiger partial charge is 0.460 e. The highest BCUT2D eigenvalue weighted by molar-refractivity contribution is 7.92. The molecule has 0 spiro atoms. The Morgan fingerprint density at radius 3 is 2.36 bits per heavy atom. The van der Waals surface area contributed by atoms with E-state index >= 15 is 0 Å². The summed E-state index contributed by atoms with van der Waals surface area (Å²) >= 11 is 0. The molecule has 0 aliphatic carbocycles. The molecule has 0 atom stereocenters. The first-order valence-corrected chi connectivity index (χ1v) is 11.3. The number of hydrogen-bond acceptors (Lipinski definition) is 5. The summed E-state index contributed by atoms with van der Waals surface area (Å²) in [6.07, 6.45) is -5.49. The highest BCUT2D eigenvalue weighted by atomic mass is 32.2. The maximum atomic E-state index is 13.7. The minimum Gasteiger partial charge on any atom is -0.460 e. The van der Waals surface area contributed by atoms with Gasteiger partial charge in [0.1, 0.15) is 11.4 Å². The van der Waals surface area contributed by atoms with Crippen LogP contribution >= 0.6 is 0 Å². The predicted octanol–water partition coefficient (Wildman–Crippen LogP) is 4.51. The highest BCUT2D eigenvalue weighted by Gasteiger charge is 2.38. The average Bonchev–Trinajstić information content (AvgIpc) is 2.65. The lowest BCUT2D eigenvalue weighted by Gasteiger charge is -2.30. The third-order valence-electron chi connectivity index (χ3n) is 4.77. The molecular weight excluding hydrogens is 466 g/mol. The van der Waals surface area contributed by atoms with Crippen molar-refractivity contribution < 1.29 is 40.3 Å². The first-order chi connectivity index (χ1) is 15.1. The molecule has 3 rings (SSSR count). The number of carbonyl (C=O) groups is 2. The van der Waals surface area contributed by atoms with Gasteiger partial charge in [-0.25, -0.2) is 12.8 Å². The van der Waals surface area contributed by atoms with Gasteiger partial charge in [-0.3, -0.25) is 13.9 Å². The summed E-state index contributed by atoms with van der Waals surface area (Å²) in [5.74, 6) is -2.53. The number of fused-ring (bicyclic) bond motifs is 1. The van der Waals surface area contributed by atoms with Crippen LogP contribution in [0.2, 0.25) is 0 Å². The van der Waals surface area contributed by atoms with E-state index in [1.54, 1.807) is 20.8 Å². The van der Waals surface area contributed by atoms with Crippen molar-refractivity contribution in [3.05, 3.63) is 58.9 Å². The second kappa shape index (κ2) is 8.44. The standard InChI is InChI=1S/C22H21F4NO5S/c1-21(2,3)32-20(29)11-13-4-6-15-18(10-13)27(9-8-19(15)28)33(30,31)14-5-7-17(23)16(12-14)22(24,25)26/h4-7,10,12H,8-9,11H2,1-3H3. The summed E-state index contributed by atoms with van der Waals surface area (Å²) < 4.78 is 85.4. The summed E-state index contributed by atoms with van der Waals surface area (Å²) in [5, 5.41) is 0. The number of alkyl halides is 3. The van der Waals surface area contributed by atoms with Crippen LogP contribution in [0.25, 0.3) is 0 Å². The van der Waals surface area contributed by atoms with Crippen LogP contribution in [0.4, 0.5) is 23.2 Å². The summed E-state index contributed by atoms with van der Waals surface area (Å²) in [5.41, 5.74) is -2.11. The first-order valence-electron chi connectivity index (χ1n) is 9.87. The summed E-state index contributed by atoms with van der Waals surface area (Å²) in [4.78, 5) is 23.7. The molecule has 2 aromatic rings. The van der Waals surface area contributed by atoms with Crippen LogP contribution in [0.1, 0.15) is 48.7 Å². The molecule has 178 valence electrons. The minimum atomic E-state index is -5.09. The Balaban J connectivity index is 2.03. The van der Waals surface area contributed by atoms with E-state index < -0.39 is 44.0 Å². The molecule has 0 amide bonds. The molecule has 0 radical (unpaired) electrons. The number of carbonyl (C=O) groups excluding carboxylic acids is 2. The Hall–Kier alpha value is -2.95. The molecule has 2 aromatic carbocycles. The number of rotatable bonds is 4. The van der Waals surface area contributed by atoms with E-state index in [2.05, 4.69) is 0 Å². The molecule has 0 fully saturated rings. The maximum Gasteiger partial charge on any atom is 0.419 e. The topological polar surface area (TPSA) is 80.8 Å². The number of hydrogen-bond donors (Lipinski definition) is 0. The molecule has 0 bridgehead atoms. The number of Topliss-reactive ketones (excluding diaryl/α,β-unsaturated/α-hetero) is 1. The van der Waals surface area contributed by atoms with Gasteiger partial charge >= 0.3 is 12.1 Å². The lowest BCUT2D eigenvalue weighted by atomic mass is 9.99. The van der Waals surface area contributed by atoms with Gasteiger partial charge in [0.2, 0.25) is 0 Å². The Labute approximate surface area is 188 Å². The zero-order chi connectivity index (χ0) is 24.8.